The molecule has 1 aromatic heterocycles. The second-order valence-electron chi connectivity index (χ2n) is 3.98. The van der Waals surface area contributed by atoms with E-state index in [1.807, 2.05) is 38.4 Å². The molecule has 0 aliphatic carbocycles. The molecule has 0 bridgehead atoms. The van der Waals surface area contributed by atoms with Crippen LogP contribution in [0.1, 0.15) is 0 Å². The number of halogens is 1. The molecule has 0 saturated carbocycles. The molecule has 1 aromatic carbocycles. The Balaban J connectivity index is 2.27. The molecular weight excluding hydrogens is 266 g/mol. The fourth-order valence-electron chi connectivity index (χ4n) is 1.43. The Morgan fingerprint density at radius 3 is 2.68 bits per heavy atom. The van der Waals surface area contributed by atoms with Gasteiger partial charge in [0, 0.05) is 25.8 Å². The Kier molecular flexibility index (Phi) is 4.01. The first-order chi connectivity index (χ1) is 9.08. The number of rotatable bonds is 4. The zero-order chi connectivity index (χ0) is 13.8. The van der Waals surface area contributed by atoms with Crippen molar-refractivity contribution in [3.63, 3.8) is 0 Å². The maximum atomic E-state index is 5.87. The van der Waals surface area contributed by atoms with Crippen molar-refractivity contribution >= 4 is 29.2 Å². The first kappa shape index (κ1) is 13.4. The number of methoxy groups -OCH3 is 1. The summed E-state index contributed by atoms with van der Waals surface area (Å²) in [5.74, 6) is 1.63. The predicted molar refractivity (Wildman–Crippen MR) is 75.4 cm³/mol. The maximum Gasteiger partial charge on any atom is 0.233 e. The SMILES string of the molecule is COc1cccc(Nc2nc(Cl)nc(N(C)C)n2)c1. The molecule has 0 radical (unpaired) electrons. The van der Waals surface area contributed by atoms with Gasteiger partial charge < -0.3 is 15.0 Å². The number of benzene rings is 1. The number of ether oxygens (including phenoxy) is 1. The van der Waals surface area contributed by atoms with Crippen LogP contribution in [0.5, 0.6) is 5.75 Å². The van der Waals surface area contributed by atoms with Crippen molar-refractivity contribution in [1.82, 2.24) is 15.0 Å². The largest absolute Gasteiger partial charge is 0.497 e. The van der Waals surface area contributed by atoms with E-state index in [0.717, 1.165) is 11.4 Å². The van der Waals surface area contributed by atoms with Crippen LogP contribution < -0.4 is 15.0 Å². The quantitative estimate of drug-likeness (QED) is 0.927. The molecule has 0 spiro atoms. The molecule has 1 N–H and O–H groups in total. The van der Waals surface area contributed by atoms with E-state index >= 15 is 0 Å². The summed E-state index contributed by atoms with van der Waals surface area (Å²) in [6.07, 6.45) is 0. The zero-order valence-electron chi connectivity index (χ0n) is 10.9. The Bertz CT molecular complexity index is 576. The van der Waals surface area contributed by atoms with E-state index in [9.17, 15) is 0 Å². The summed E-state index contributed by atoms with van der Waals surface area (Å²) < 4.78 is 5.15. The van der Waals surface area contributed by atoms with Gasteiger partial charge in [0.1, 0.15) is 5.75 Å². The average molecular weight is 280 g/mol. The lowest BCUT2D eigenvalue weighted by Crippen LogP contribution is -2.14. The molecule has 0 aliphatic rings. The maximum absolute atomic E-state index is 5.87. The van der Waals surface area contributed by atoms with Crippen LogP contribution in [0.4, 0.5) is 17.6 Å². The van der Waals surface area contributed by atoms with Gasteiger partial charge in [-0.3, -0.25) is 0 Å². The molecule has 0 saturated heterocycles. The van der Waals surface area contributed by atoms with Gasteiger partial charge in [-0.25, -0.2) is 0 Å². The topological polar surface area (TPSA) is 63.2 Å². The summed E-state index contributed by atoms with van der Waals surface area (Å²) in [5, 5.41) is 3.20. The Labute approximate surface area is 116 Å². The van der Waals surface area contributed by atoms with Crippen LogP contribution in [0.15, 0.2) is 24.3 Å². The van der Waals surface area contributed by atoms with Gasteiger partial charge >= 0.3 is 0 Å². The van der Waals surface area contributed by atoms with Crippen LogP contribution in [-0.4, -0.2) is 36.2 Å². The molecule has 100 valence electrons. The molecule has 0 unspecified atom stereocenters. The number of nitrogens with zero attached hydrogens (tertiary/aromatic N) is 4. The first-order valence-corrected chi connectivity index (χ1v) is 5.96. The van der Waals surface area contributed by atoms with Crippen LogP contribution in [0.25, 0.3) is 0 Å². The number of hydrogen-bond acceptors (Lipinski definition) is 6. The van der Waals surface area contributed by atoms with Gasteiger partial charge in [0.15, 0.2) is 0 Å². The van der Waals surface area contributed by atoms with Gasteiger partial charge in [0.2, 0.25) is 17.2 Å². The van der Waals surface area contributed by atoms with Gasteiger partial charge in [0.05, 0.1) is 7.11 Å². The van der Waals surface area contributed by atoms with Crippen LogP contribution >= 0.6 is 11.6 Å². The molecule has 0 atom stereocenters. The lowest BCUT2D eigenvalue weighted by Gasteiger charge is -2.12. The lowest BCUT2D eigenvalue weighted by molar-refractivity contribution is 0.415. The van der Waals surface area contributed by atoms with Crippen molar-refractivity contribution in [2.45, 2.75) is 0 Å². The van der Waals surface area contributed by atoms with E-state index in [0.29, 0.717) is 11.9 Å². The summed E-state index contributed by atoms with van der Waals surface area (Å²) in [6.45, 7) is 0. The highest BCUT2D eigenvalue weighted by Gasteiger charge is 2.07. The molecule has 1 heterocycles. The normalized spacial score (nSPS) is 10.1. The van der Waals surface area contributed by atoms with Crippen LogP contribution in [-0.2, 0) is 0 Å². The summed E-state index contributed by atoms with van der Waals surface area (Å²) in [6, 6.07) is 7.45. The predicted octanol–water partition coefficient (Wildman–Crippen LogP) is 2.34. The van der Waals surface area contributed by atoms with Crippen molar-refractivity contribution in [3.8, 4) is 5.75 Å². The molecular formula is C12H14ClN5O. The first-order valence-electron chi connectivity index (χ1n) is 5.58. The van der Waals surface area contributed by atoms with E-state index in [4.69, 9.17) is 16.3 Å². The van der Waals surface area contributed by atoms with Crippen molar-refractivity contribution in [1.29, 1.82) is 0 Å². The van der Waals surface area contributed by atoms with Crippen molar-refractivity contribution in [3.05, 3.63) is 29.5 Å². The van der Waals surface area contributed by atoms with Gasteiger partial charge in [-0.05, 0) is 23.7 Å². The Hall–Kier alpha value is -2.08. The number of aromatic nitrogens is 3. The molecule has 0 fully saturated rings. The Morgan fingerprint density at radius 1 is 1.21 bits per heavy atom. The number of hydrogen-bond donors (Lipinski definition) is 1. The standard InChI is InChI=1S/C12H14ClN5O/c1-18(2)12-16-10(13)15-11(17-12)14-8-5-4-6-9(7-8)19-3/h4-7H,1-3H3,(H,14,15,16,17). The van der Waals surface area contributed by atoms with Crippen molar-refractivity contribution in [2.24, 2.45) is 0 Å². The minimum Gasteiger partial charge on any atom is -0.497 e. The summed E-state index contributed by atoms with van der Waals surface area (Å²) in [7, 11) is 5.28. The third kappa shape index (κ3) is 3.45. The minimum atomic E-state index is 0.143. The van der Waals surface area contributed by atoms with Crippen molar-refractivity contribution < 1.29 is 4.74 Å². The fourth-order valence-corrected chi connectivity index (χ4v) is 1.58. The summed E-state index contributed by atoms with van der Waals surface area (Å²) >= 11 is 5.87. The number of anilines is 3. The second kappa shape index (κ2) is 5.71. The van der Waals surface area contributed by atoms with Crippen LogP contribution in [0.3, 0.4) is 0 Å². The zero-order valence-corrected chi connectivity index (χ0v) is 11.6. The highest BCUT2D eigenvalue weighted by molar-refractivity contribution is 6.28. The van der Waals surface area contributed by atoms with Crippen LogP contribution in [0.2, 0.25) is 5.28 Å². The molecule has 0 amide bonds. The van der Waals surface area contributed by atoms with E-state index < -0.39 is 0 Å². The fraction of sp³-hybridized carbons (Fsp3) is 0.250. The Morgan fingerprint density at radius 2 is 2.00 bits per heavy atom. The van der Waals surface area contributed by atoms with Crippen LogP contribution in [0, 0.1) is 0 Å². The van der Waals surface area contributed by atoms with Crippen molar-refractivity contribution in [2.75, 3.05) is 31.4 Å². The highest BCUT2D eigenvalue weighted by atomic mass is 35.5. The molecule has 2 aromatic rings. The molecule has 7 heteroatoms. The molecule has 0 aliphatic heterocycles. The van der Waals surface area contributed by atoms with Gasteiger partial charge in [0.25, 0.3) is 0 Å². The third-order valence-electron chi connectivity index (χ3n) is 2.32. The van der Waals surface area contributed by atoms with E-state index in [1.54, 1.807) is 12.0 Å². The minimum absolute atomic E-state index is 0.143. The van der Waals surface area contributed by atoms with E-state index in [-0.39, 0.29) is 5.28 Å². The summed E-state index contributed by atoms with van der Waals surface area (Å²) in [4.78, 5) is 14.1. The average Bonchev–Trinajstić information content (AvgIpc) is 2.38. The third-order valence-corrected chi connectivity index (χ3v) is 2.49. The lowest BCUT2D eigenvalue weighted by atomic mass is 10.3. The molecule has 19 heavy (non-hydrogen) atoms. The van der Waals surface area contributed by atoms with Gasteiger partial charge in [-0.2, -0.15) is 15.0 Å². The number of nitrogens with one attached hydrogen (secondary N) is 1. The second-order valence-corrected chi connectivity index (χ2v) is 4.32. The van der Waals surface area contributed by atoms with E-state index in [2.05, 4.69) is 20.3 Å². The molecule has 6 nitrogen and oxygen atoms in total. The van der Waals surface area contributed by atoms with E-state index in [1.165, 1.54) is 0 Å². The highest BCUT2D eigenvalue weighted by Crippen LogP contribution is 2.20. The smallest absolute Gasteiger partial charge is 0.233 e. The monoisotopic (exact) mass is 279 g/mol. The van der Waals surface area contributed by atoms with Gasteiger partial charge in [-0.1, -0.05) is 6.07 Å². The summed E-state index contributed by atoms with van der Waals surface area (Å²) in [5.41, 5.74) is 0.811. The van der Waals surface area contributed by atoms with Gasteiger partial charge in [-0.15, -0.1) is 0 Å². The molecule has 2 rings (SSSR count).